The lowest BCUT2D eigenvalue weighted by molar-refractivity contribution is 0.563. The van der Waals surface area contributed by atoms with Gasteiger partial charge in [-0.05, 0) is 25.0 Å². The highest BCUT2D eigenvalue weighted by Gasteiger charge is 2.29. The maximum Gasteiger partial charge on any atom is 0.250 e. The third-order valence-corrected chi connectivity index (χ3v) is 7.52. The first-order valence-electron chi connectivity index (χ1n) is 6.84. The van der Waals surface area contributed by atoms with E-state index < -0.39 is 10.0 Å². The molecule has 3 rings (SSSR count). The van der Waals surface area contributed by atoms with Gasteiger partial charge in [0.05, 0.1) is 0 Å². The molecule has 0 unspecified atom stereocenters. The van der Waals surface area contributed by atoms with E-state index in [1.54, 1.807) is 23.6 Å². The number of hydrogen-bond acceptors (Lipinski definition) is 6. The van der Waals surface area contributed by atoms with E-state index in [0.717, 1.165) is 29.4 Å². The zero-order valence-electron chi connectivity index (χ0n) is 11.7. The first-order valence-corrected chi connectivity index (χ1v) is 10.0. The highest BCUT2D eigenvalue weighted by atomic mass is 32.2. The first kappa shape index (κ1) is 15.0. The smallest absolute Gasteiger partial charge is 0.250 e. The van der Waals surface area contributed by atoms with Crippen LogP contribution in [0.2, 0.25) is 0 Å². The fourth-order valence-corrected chi connectivity index (χ4v) is 5.63. The topological polar surface area (TPSA) is 62.3 Å². The van der Waals surface area contributed by atoms with Gasteiger partial charge in [0.2, 0.25) is 10.0 Å². The van der Waals surface area contributed by atoms with E-state index in [1.165, 1.54) is 11.3 Å². The second kappa shape index (κ2) is 6.04. The van der Waals surface area contributed by atoms with E-state index in [9.17, 15) is 8.42 Å². The van der Waals surface area contributed by atoms with Gasteiger partial charge in [0.15, 0.2) is 5.13 Å². The molecule has 1 saturated heterocycles. The van der Waals surface area contributed by atoms with Gasteiger partial charge in [-0.2, -0.15) is 0 Å². The van der Waals surface area contributed by atoms with E-state index in [0.29, 0.717) is 10.8 Å². The lowest BCUT2D eigenvalue weighted by atomic mass is 10.3. The van der Waals surface area contributed by atoms with Gasteiger partial charge in [0, 0.05) is 35.6 Å². The van der Waals surface area contributed by atoms with Crippen molar-refractivity contribution in [3.05, 3.63) is 28.6 Å². The molecule has 114 valence electrons. The van der Waals surface area contributed by atoms with Crippen molar-refractivity contribution in [3.8, 4) is 0 Å². The Morgan fingerprint density at radius 3 is 3.00 bits per heavy atom. The Hall–Kier alpha value is -0.960. The maximum absolute atomic E-state index is 12.4. The first-order chi connectivity index (χ1) is 10.1. The molecule has 5 nitrogen and oxygen atoms in total. The summed E-state index contributed by atoms with van der Waals surface area (Å²) in [6.45, 7) is 3.54. The van der Waals surface area contributed by atoms with Crippen LogP contribution in [0.4, 0.5) is 5.13 Å². The number of thiophene rings is 1. The van der Waals surface area contributed by atoms with Gasteiger partial charge in [-0.15, -0.1) is 22.7 Å². The van der Waals surface area contributed by atoms with Crippen molar-refractivity contribution in [3.63, 3.8) is 0 Å². The van der Waals surface area contributed by atoms with Crippen LogP contribution in [0.1, 0.15) is 18.2 Å². The Labute approximate surface area is 132 Å². The van der Waals surface area contributed by atoms with Gasteiger partial charge < -0.3 is 4.90 Å². The summed E-state index contributed by atoms with van der Waals surface area (Å²) in [5.74, 6) is 0. The minimum Gasteiger partial charge on any atom is -0.346 e. The van der Waals surface area contributed by atoms with Crippen molar-refractivity contribution in [2.45, 2.75) is 30.0 Å². The molecule has 0 spiro atoms. The fraction of sp³-hybridized carbons (Fsp3) is 0.462. The number of aryl methyl sites for hydroxylation is 1. The number of nitrogens with one attached hydrogen (secondary N) is 1. The van der Waals surface area contributed by atoms with E-state index in [4.69, 9.17) is 0 Å². The average Bonchev–Trinajstić information content (AvgIpc) is 3.19. The van der Waals surface area contributed by atoms with Crippen LogP contribution in [0.25, 0.3) is 0 Å². The molecule has 1 fully saturated rings. The van der Waals surface area contributed by atoms with Crippen LogP contribution in [0, 0.1) is 0 Å². The van der Waals surface area contributed by atoms with Crippen LogP contribution in [0.5, 0.6) is 0 Å². The van der Waals surface area contributed by atoms with E-state index in [1.807, 2.05) is 18.4 Å². The summed E-state index contributed by atoms with van der Waals surface area (Å²) < 4.78 is 28.0. The highest BCUT2D eigenvalue weighted by molar-refractivity contribution is 7.91. The maximum atomic E-state index is 12.4. The molecule has 2 aromatic rings. The lowest BCUT2D eigenvalue weighted by Gasteiger charge is -2.15. The van der Waals surface area contributed by atoms with Crippen LogP contribution in [0.15, 0.2) is 27.9 Å². The zero-order valence-corrected chi connectivity index (χ0v) is 14.1. The number of thiazole rings is 1. The summed E-state index contributed by atoms with van der Waals surface area (Å²) in [5, 5.41) is 2.89. The predicted octanol–water partition coefficient (Wildman–Crippen LogP) is 2.32. The summed E-state index contributed by atoms with van der Waals surface area (Å²) in [4.78, 5) is 7.49. The molecule has 2 aromatic heterocycles. The fourth-order valence-electron chi connectivity index (χ4n) is 2.37. The molecular weight excluding hydrogens is 326 g/mol. The molecule has 1 atom stereocenters. The average molecular weight is 343 g/mol. The number of aromatic nitrogens is 1. The van der Waals surface area contributed by atoms with E-state index in [-0.39, 0.29) is 6.04 Å². The Balaban J connectivity index is 1.66. The Kier molecular flexibility index (Phi) is 4.30. The van der Waals surface area contributed by atoms with Crippen molar-refractivity contribution in [2.24, 2.45) is 0 Å². The number of hydrogen-bond donors (Lipinski definition) is 1. The van der Waals surface area contributed by atoms with Gasteiger partial charge in [-0.1, -0.05) is 6.92 Å². The molecule has 1 N–H and O–H groups in total. The third-order valence-electron chi connectivity index (χ3n) is 3.45. The molecule has 0 amide bonds. The van der Waals surface area contributed by atoms with Crippen molar-refractivity contribution >= 4 is 37.8 Å². The van der Waals surface area contributed by atoms with E-state index in [2.05, 4.69) is 14.6 Å². The molecule has 3 heterocycles. The van der Waals surface area contributed by atoms with Crippen molar-refractivity contribution in [1.82, 2.24) is 9.71 Å². The zero-order chi connectivity index (χ0) is 14.9. The summed E-state index contributed by atoms with van der Waals surface area (Å²) >= 11 is 2.93. The van der Waals surface area contributed by atoms with Gasteiger partial charge in [0.25, 0.3) is 0 Å². The van der Waals surface area contributed by atoms with E-state index >= 15 is 0 Å². The number of sulfonamides is 1. The van der Waals surface area contributed by atoms with Crippen molar-refractivity contribution in [1.29, 1.82) is 0 Å². The Bertz CT molecular complexity index is 694. The molecular formula is C13H17N3O2S3. The molecule has 0 aromatic carbocycles. The summed E-state index contributed by atoms with van der Waals surface area (Å²) in [6, 6.07) is 3.53. The SMILES string of the molecule is CCc1ccc(S(=O)(=O)N[C@H]2CCN(c3nccs3)C2)s1. The predicted molar refractivity (Wildman–Crippen MR) is 86.8 cm³/mol. The third kappa shape index (κ3) is 3.28. The number of rotatable bonds is 5. The van der Waals surface area contributed by atoms with Crippen LogP contribution in [0.3, 0.4) is 0 Å². The minimum atomic E-state index is -3.40. The molecule has 0 saturated carbocycles. The molecule has 1 aliphatic heterocycles. The Morgan fingerprint density at radius 1 is 1.48 bits per heavy atom. The van der Waals surface area contributed by atoms with Crippen molar-refractivity contribution < 1.29 is 8.42 Å². The summed E-state index contributed by atoms with van der Waals surface area (Å²) in [6.07, 6.45) is 3.45. The number of anilines is 1. The second-order valence-corrected chi connectivity index (χ2v) is 8.92. The van der Waals surface area contributed by atoms with Crippen LogP contribution < -0.4 is 9.62 Å². The van der Waals surface area contributed by atoms with Crippen LogP contribution >= 0.6 is 22.7 Å². The quantitative estimate of drug-likeness (QED) is 0.905. The molecule has 1 aliphatic rings. The normalized spacial score (nSPS) is 19.3. The largest absolute Gasteiger partial charge is 0.346 e. The van der Waals surface area contributed by atoms with Gasteiger partial charge in [-0.3, -0.25) is 0 Å². The molecule has 0 radical (unpaired) electrons. The molecule has 0 aliphatic carbocycles. The van der Waals surface area contributed by atoms with Gasteiger partial charge in [0.1, 0.15) is 4.21 Å². The molecule has 0 bridgehead atoms. The van der Waals surface area contributed by atoms with Crippen molar-refractivity contribution in [2.75, 3.05) is 18.0 Å². The lowest BCUT2D eigenvalue weighted by Crippen LogP contribution is -2.36. The summed E-state index contributed by atoms with van der Waals surface area (Å²) in [7, 11) is -3.40. The standard InChI is InChI=1S/C13H17N3O2S3/c1-2-11-3-4-12(20-11)21(17,18)15-10-5-7-16(9-10)13-14-6-8-19-13/h3-4,6,8,10,15H,2,5,7,9H2,1H3/t10-/m0/s1. The second-order valence-electron chi connectivity index (χ2n) is 4.94. The van der Waals surface area contributed by atoms with Crippen LogP contribution in [-0.4, -0.2) is 32.5 Å². The van der Waals surface area contributed by atoms with Crippen LogP contribution in [-0.2, 0) is 16.4 Å². The molecule has 21 heavy (non-hydrogen) atoms. The number of nitrogens with zero attached hydrogens (tertiary/aromatic N) is 2. The van der Waals surface area contributed by atoms with Gasteiger partial charge in [-0.25, -0.2) is 18.1 Å². The summed E-state index contributed by atoms with van der Waals surface area (Å²) in [5.41, 5.74) is 0. The van der Waals surface area contributed by atoms with Gasteiger partial charge >= 0.3 is 0 Å². The molecule has 8 heteroatoms. The minimum absolute atomic E-state index is 0.0499. The highest BCUT2D eigenvalue weighted by Crippen LogP contribution is 2.25. The Morgan fingerprint density at radius 2 is 2.33 bits per heavy atom. The monoisotopic (exact) mass is 343 g/mol.